The molecule has 1 saturated heterocycles. The van der Waals surface area contributed by atoms with Crippen LogP contribution in [0.3, 0.4) is 0 Å². The average molecular weight is 231 g/mol. The van der Waals surface area contributed by atoms with Crippen molar-refractivity contribution in [1.82, 2.24) is 10.2 Å². The molecule has 4 heteroatoms. The Bertz CT molecular complexity index is 388. The minimum absolute atomic E-state index is 0.0710. The van der Waals surface area contributed by atoms with Crippen LogP contribution in [-0.4, -0.2) is 24.0 Å². The summed E-state index contributed by atoms with van der Waals surface area (Å²) < 4.78 is 0. The Hall–Kier alpha value is -2.02. The maximum Gasteiger partial charge on any atom is 0.321 e. The Labute approximate surface area is 102 Å². The zero-order valence-corrected chi connectivity index (χ0v) is 10.0. The van der Waals surface area contributed by atoms with E-state index in [0.717, 1.165) is 5.70 Å². The molecule has 17 heavy (non-hydrogen) atoms. The first-order valence-corrected chi connectivity index (χ1v) is 5.71. The number of amides is 2. The smallest absolute Gasteiger partial charge is 0.321 e. The summed E-state index contributed by atoms with van der Waals surface area (Å²) in [4.78, 5) is 13.2. The molecule has 1 N–H and O–H groups in total. The highest BCUT2D eigenvalue weighted by Crippen LogP contribution is 2.11. The van der Waals surface area contributed by atoms with E-state index in [1.165, 1.54) is 0 Å². The summed E-state index contributed by atoms with van der Waals surface area (Å²) >= 11 is 0. The third-order valence-electron chi connectivity index (χ3n) is 2.35. The molecular formula is C13H17N3O. The van der Waals surface area contributed by atoms with Gasteiger partial charge < -0.3 is 5.32 Å². The lowest BCUT2D eigenvalue weighted by Crippen LogP contribution is -2.26. The van der Waals surface area contributed by atoms with Crippen molar-refractivity contribution in [3.63, 3.8) is 0 Å². The number of carbonyl (C=O) groups is 1. The first-order chi connectivity index (χ1) is 8.29. The molecule has 0 radical (unpaired) electrons. The fourth-order valence-electron chi connectivity index (χ4n) is 1.54. The molecule has 0 aromatic carbocycles. The monoisotopic (exact) mass is 231 g/mol. The van der Waals surface area contributed by atoms with E-state index < -0.39 is 0 Å². The van der Waals surface area contributed by atoms with Crippen LogP contribution in [0.15, 0.2) is 36.1 Å². The van der Waals surface area contributed by atoms with Crippen molar-refractivity contribution in [2.75, 3.05) is 13.1 Å². The van der Waals surface area contributed by atoms with Gasteiger partial charge in [0.05, 0.1) is 6.07 Å². The van der Waals surface area contributed by atoms with Crippen LogP contribution in [0.2, 0.25) is 0 Å². The van der Waals surface area contributed by atoms with Crippen LogP contribution in [0, 0.1) is 11.3 Å². The number of unbranched alkanes of at least 4 members (excludes halogenated alkanes) is 1. The van der Waals surface area contributed by atoms with Gasteiger partial charge in [0.2, 0.25) is 0 Å². The molecule has 0 unspecified atom stereocenters. The maximum atomic E-state index is 11.5. The summed E-state index contributed by atoms with van der Waals surface area (Å²) in [5, 5.41) is 11.3. The van der Waals surface area contributed by atoms with Crippen molar-refractivity contribution < 1.29 is 4.79 Å². The van der Waals surface area contributed by atoms with E-state index in [9.17, 15) is 4.79 Å². The van der Waals surface area contributed by atoms with Crippen LogP contribution in [-0.2, 0) is 0 Å². The van der Waals surface area contributed by atoms with Crippen LogP contribution >= 0.6 is 0 Å². The topological polar surface area (TPSA) is 56.1 Å². The van der Waals surface area contributed by atoms with Crippen molar-refractivity contribution in [2.24, 2.45) is 0 Å². The summed E-state index contributed by atoms with van der Waals surface area (Å²) in [5.41, 5.74) is 0.855. The lowest BCUT2D eigenvalue weighted by Gasteiger charge is -2.15. The van der Waals surface area contributed by atoms with Crippen molar-refractivity contribution >= 4 is 6.03 Å². The predicted octanol–water partition coefficient (Wildman–Crippen LogP) is 2.33. The second-order valence-electron chi connectivity index (χ2n) is 3.59. The summed E-state index contributed by atoms with van der Waals surface area (Å²) in [6.45, 7) is 3.29. The van der Waals surface area contributed by atoms with Gasteiger partial charge in [-0.15, -0.1) is 0 Å². The Balaban J connectivity index is 2.74. The van der Waals surface area contributed by atoms with Crippen molar-refractivity contribution in [1.29, 1.82) is 5.26 Å². The largest absolute Gasteiger partial charge is 0.336 e. The van der Waals surface area contributed by atoms with Crippen LogP contribution in [0.4, 0.5) is 4.79 Å². The Morgan fingerprint density at radius 1 is 1.59 bits per heavy atom. The minimum Gasteiger partial charge on any atom is -0.336 e. The average Bonchev–Trinajstić information content (AvgIpc) is 2.74. The zero-order chi connectivity index (χ0) is 12.5. The molecule has 0 aromatic rings. The molecule has 1 heterocycles. The summed E-state index contributed by atoms with van der Waals surface area (Å²) in [5.74, 6) is 0. The molecule has 0 saturated carbocycles. The summed E-state index contributed by atoms with van der Waals surface area (Å²) in [6, 6.07) is 2.02. The highest BCUT2D eigenvalue weighted by Gasteiger charge is 2.21. The van der Waals surface area contributed by atoms with E-state index in [4.69, 9.17) is 5.26 Å². The van der Waals surface area contributed by atoms with E-state index in [2.05, 4.69) is 11.4 Å². The van der Waals surface area contributed by atoms with Gasteiger partial charge in [-0.2, -0.15) is 5.26 Å². The normalized spacial score (nSPS) is 16.8. The highest BCUT2D eigenvalue weighted by atomic mass is 16.2. The number of hydrogen-bond donors (Lipinski definition) is 1. The number of hydrogen-bond acceptors (Lipinski definition) is 2. The van der Waals surface area contributed by atoms with Crippen molar-refractivity contribution in [2.45, 2.75) is 19.8 Å². The lowest BCUT2D eigenvalue weighted by molar-refractivity contribution is 0.228. The molecule has 0 spiro atoms. The molecule has 0 aliphatic carbocycles. The van der Waals surface area contributed by atoms with Gasteiger partial charge in [0, 0.05) is 25.2 Å². The van der Waals surface area contributed by atoms with E-state index in [1.807, 2.05) is 37.3 Å². The SMILES string of the molecule is C\C=C/C=C\C(=C/CCC#N)N1CCNC1=O. The maximum absolute atomic E-state index is 11.5. The first kappa shape index (κ1) is 13.0. The number of nitriles is 1. The molecule has 1 aliphatic rings. The van der Waals surface area contributed by atoms with E-state index in [-0.39, 0.29) is 6.03 Å². The molecule has 1 rings (SSSR count). The number of nitrogens with zero attached hydrogens (tertiary/aromatic N) is 2. The van der Waals surface area contributed by atoms with Crippen LogP contribution in [0.1, 0.15) is 19.8 Å². The molecular weight excluding hydrogens is 214 g/mol. The molecule has 4 nitrogen and oxygen atoms in total. The van der Waals surface area contributed by atoms with Crippen LogP contribution in [0.5, 0.6) is 0 Å². The van der Waals surface area contributed by atoms with Gasteiger partial charge >= 0.3 is 6.03 Å². The number of allylic oxidation sites excluding steroid dienone is 5. The van der Waals surface area contributed by atoms with Gasteiger partial charge in [0.25, 0.3) is 0 Å². The minimum atomic E-state index is -0.0710. The molecule has 1 aliphatic heterocycles. The quantitative estimate of drug-likeness (QED) is 0.583. The van der Waals surface area contributed by atoms with E-state index in [0.29, 0.717) is 25.9 Å². The number of urea groups is 1. The molecule has 1 fully saturated rings. The first-order valence-electron chi connectivity index (χ1n) is 5.71. The van der Waals surface area contributed by atoms with Gasteiger partial charge in [0.1, 0.15) is 0 Å². The van der Waals surface area contributed by atoms with Crippen LogP contribution < -0.4 is 5.32 Å². The molecule has 2 amide bonds. The Kier molecular flexibility index (Phi) is 5.59. The highest BCUT2D eigenvalue weighted by molar-refractivity contribution is 5.78. The summed E-state index contributed by atoms with van der Waals surface area (Å²) in [6.07, 6.45) is 10.7. The fourth-order valence-corrected chi connectivity index (χ4v) is 1.54. The van der Waals surface area contributed by atoms with Gasteiger partial charge in [-0.3, -0.25) is 4.90 Å². The molecule has 0 aromatic heterocycles. The lowest BCUT2D eigenvalue weighted by atomic mass is 10.2. The Morgan fingerprint density at radius 2 is 2.41 bits per heavy atom. The zero-order valence-electron chi connectivity index (χ0n) is 10.0. The standard InChI is InChI=1S/C13H17N3O/c1-2-3-4-7-12(8-5-6-9-14)16-11-10-15-13(16)17/h2-4,7-8H,5-6,10-11H2,1H3,(H,15,17)/b3-2-,7-4-,12-8+. The van der Waals surface area contributed by atoms with E-state index in [1.54, 1.807) is 4.90 Å². The molecule has 0 bridgehead atoms. The van der Waals surface area contributed by atoms with Crippen LogP contribution in [0.25, 0.3) is 0 Å². The Morgan fingerprint density at radius 3 is 3.00 bits per heavy atom. The van der Waals surface area contributed by atoms with Gasteiger partial charge in [0.15, 0.2) is 0 Å². The number of carbonyl (C=O) groups excluding carboxylic acids is 1. The third-order valence-corrected chi connectivity index (χ3v) is 2.35. The molecule has 0 atom stereocenters. The van der Waals surface area contributed by atoms with Crippen molar-refractivity contribution in [3.05, 3.63) is 36.1 Å². The van der Waals surface area contributed by atoms with Gasteiger partial charge in [-0.25, -0.2) is 4.79 Å². The third kappa shape index (κ3) is 4.15. The number of nitrogens with one attached hydrogen (secondary N) is 1. The second-order valence-corrected chi connectivity index (χ2v) is 3.59. The van der Waals surface area contributed by atoms with Gasteiger partial charge in [-0.05, 0) is 19.4 Å². The fraction of sp³-hybridized carbons (Fsp3) is 0.385. The summed E-state index contributed by atoms with van der Waals surface area (Å²) in [7, 11) is 0. The van der Waals surface area contributed by atoms with E-state index >= 15 is 0 Å². The number of rotatable bonds is 5. The van der Waals surface area contributed by atoms with Gasteiger partial charge in [-0.1, -0.05) is 24.3 Å². The van der Waals surface area contributed by atoms with Crippen molar-refractivity contribution in [3.8, 4) is 6.07 Å². The predicted molar refractivity (Wildman–Crippen MR) is 67.0 cm³/mol. The molecule has 90 valence electrons. The second kappa shape index (κ2) is 7.29.